The average molecular weight is 228 g/mol. The van der Waals surface area contributed by atoms with Gasteiger partial charge in [-0.15, -0.1) is 0 Å². The second-order valence-electron chi connectivity index (χ2n) is 5.08. The van der Waals surface area contributed by atoms with Crippen LogP contribution in [0.2, 0.25) is 0 Å². The van der Waals surface area contributed by atoms with Crippen LogP contribution in [-0.2, 0) is 4.74 Å². The van der Waals surface area contributed by atoms with Crippen molar-refractivity contribution in [3.63, 3.8) is 0 Å². The van der Waals surface area contributed by atoms with Crippen LogP contribution in [0.5, 0.6) is 0 Å². The number of hydrogen-bond donors (Lipinski definition) is 1. The first-order valence-electron chi connectivity index (χ1n) is 6.71. The van der Waals surface area contributed by atoms with Crippen molar-refractivity contribution >= 4 is 0 Å². The fourth-order valence-corrected chi connectivity index (χ4v) is 2.35. The highest BCUT2D eigenvalue weighted by Crippen LogP contribution is 2.16. The van der Waals surface area contributed by atoms with Crippen LogP contribution in [-0.4, -0.2) is 49.8 Å². The Labute approximate surface area is 101 Å². The zero-order chi connectivity index (χ0) is 12.0. The van der Waals surface area contributed by atoms with Crippen molar-refractivity contribution in [1.29, 1.82) is 0 Å². The molecule has 3 unspecified atom stereocenters. The van der Waals surface area contributed by atoms with Crippen molar-refractivity contribution in [3.05, 3.63) is 0 Å². The summed E-state index contributed by atoms with van der Waals surface area (Å²) in [5.74, 6) is 0.701. The Morgan fingerprint density at radius 2 is 2.19 bits per heavy atom. The van der Waals surface area contributed by atoms with Crippen LogP contribution in [0.1, 0.15) is 34.1 Å². The summed E-state index contributed by atoms with van der Waals surface area (Å²) in [6, 6.07) is 1.21. The standard InChI is InChI=1S/C13H28N2O/c1-5-6-14-9-11(2)13(4)15-7-8-16-10-12(15)3/h11-14H,5-10H2,1-4H3. The second kappa shape index (κ2) is 7.25. The van der Waals surface area contributed by atoms with Gasteiger partial charge in [0.15, 0.2) is 0 Å². The second-order valence-corrected chi connectivity index (χ2v) is 5.08. The van der Waals surface area contributed by atoms with Crippen LogP contribution >= 0.6 is 0 Å². The van der Waals surface area contributed by atoms with E-state index in [1.807, 2.05) is 0 Å². The first-order chi connectivity index (χ1) is 7.66. The molecule has 1 fully saturated rings. The highest BCUT2D eigenvalue weighted by molar-refractivity contribution is 4.80. The molecule has 16 heavy (non-hydrogen) atoms. The minimum Gasteiger partial charge on any atom is -0.379 e. The predicted octanol–water partition coefficient (Wildman–Crippen LogP) is 1.73. The molecule has 0 spiro atoms. The van der Waals surface area contributed by atoms with Crippen molar-refractivity contribution < 1.29 is 4.74 Å². The molecule has 0 radical (unpaired) electrons. The minimum atomic E-state index is 0.567. The third-order valence-corrected chi connectivity index (χ3v) is 3.66. The molecule has 1 aliphatic rings. The Kier molecular flexibility index (Phi) is 6.32. The molecule has 3 nitrogen and oxygen atoms in total. The summed E-state index contributed by atoms with van der Waals surface area (Å²) in [5, 5.41) is 3.51. The Morgan fingerprint density at radius 3 is 2.81 bits per heavy atom. The maximum absolute atomic E-state index is 5.48. The Hall–Kier alpha value is -0.120. The van der Waals surface area contributed by atoms with E-state index in [4.69, 9.17) is 4.74 Å². The van der Waals surface area contributed by atoms with Gasteiger partial charge >= 0.3 is 0 Å². The van der Waals surface area contributed by atoms with E-state index in [1.54, 1.807) is 0 Å². The van der Waals surface area contributed by atoms with Crippen molar-refractivity contribution in [2.24, 2.45) is 5.92 Å². The normalized spacial score (nSPS) is 26.6. The third kappa shape index (κ3) is 4.04. The maximum atomic E-state index is 5.48. The lowest BCUT2D eigenvalue weighted by Gasteiger charge is -2.40. The van der Waals surface area contributed by atoms with Crippen LogP contribution in [0.4, 0.5) is 0 Å². The zero-order valence-electron chi connectivity index (χ0n) is 11.3. The number of nitrogens with one attached hydrogen (secondary N) is 1. The van der Waals surface area contributed by atoms with Gasteiger partial charge in [-0.25, -0.2) is 0 Å². The monoisotopic (exact) mass is 228 g/mol. The lowest BCUT2D eigenvalue weighted by molar-refractivity contribution is -0.0286. The predicted molar refractivity (Wildman–Crippen MR) is 68.8 cm³/mol. The molecule has 3 heteroatoms. The minimum absolute atomic E-state index is 0.567. The molecule has 1 aliphatic heterocycles. The number of rotatable bonds is 6. The number of hydrogen-bond acceptors (Lipinski definition) is 3. The summed E-state index contributed by atoms with van der Waals surface area (Å²) in [7, 11) is 0. The number of nitrogens with zero attached hydrogens (tertiary/aromatic N) is 1. The molecule has 0 amide bonds. The summed E-state index contributed by atoms with van der Waals surface area (Å²) in [6.07, 6.45) is 1.22. The van der Waals surface area contributed by atoms with Gasteiger partial charge in [0.05, 0.1) is 13.2 Å². The fourth-order valence-electron chi connectivity index (χ4n) is 2.35. The first kappa shape index (κ1) is 13.9. The van der Waals surface area contributed by atoms with E-state index in [-0.39, 0.29) is 0 Å². The van der Waals surface area contributed by atoms with E-state index in [0.717, 1.165) is 32.8 Å². The van der Waals surface area contributed by atoms with Gasteiger partial charge in [0.2, 0.25) is 0 Å². The molecule has 0 aromatic carbocycles. The van der Waals surface area contributed by atoms with Crippen molar-refractivity contribution in [1.82, 2.24) is 10.2 Å². The smallest absolute Gasteiger partial charge is 0.0619 e. The van der Waals surface area contributed by atoms with Gasteiger partial charge in [0.1, 0.15) is 0 Å². The molecule has 3 atom stereocenters. The van der Waals surface area contributed by atoms with Crippen LogP contribution in [0.15, 0.2) is 0 Å². The Morgan fingerprint density at radius 1 is 1.44 bits per heavy atom. The molecule has 0 aromatic heterocycles. The summed E-state index contributed by atoms with van der Waals surface area (Å²) in [4.78, 5) is 2.59. The zero-order valence-corrected chi connectivity index (χ0v) is 11.3. The molecule has 0 bridgehead atoms. The molecule has 0 aromatic rings. The van der Waals surface area contributed by atoms with E-state index in [1.165, 1.54) is 6.42 Å². The summed E-state index contributed by atoms with van der Waals surface area (Å²) in [5.41, 5.74) is 0. The Bertz CT molecular complexity index is 187. The first-order valence-corrected chi connectivity index (χ1v) is 6.71. The lowest BCUT2D eigenvalue weighted by atomic mass is 10.00. The highest BCUT2D eigenvalue weighted by Gasteiger charge is 2.26. The average Bonchev–Trinajstić information content (AvgIpc) is 2.29. The van der Waals surface area contributed by atoms with Gasteiger partial charge in [0.25, 0.3) is 0 Å². The van der Waals surface area contributed by atoms with Crippen LogP contribution in [0.25, 0.3) is 0 Å². The molecule has 0 aliphatic carbocycles. The molecular weight excluding hydrogens is 200 g/mol. The van der Waals surface area contributed by atoms with Crippen LogP contribution in [0.3, 0.4) is 0 Å². The van der Waals surface area contributed by atoms with E-state index < -0.39 is 0 Å². The topological polar surface area (TPSA) is 24.5 Å². The molecule has 1 rings (SSSR count). The van der Waals surface area contributed by atoms with E-state index >= 15 is 0 Å². The van der Waals surface area contributed by atoms with Gasteiger partial charge in [-0.2, -0.15) is 0 Å². The summed E-state index contributed by atoms with van der Waals surface area (Å²) < 4.78 is 5.48. The third-order valence-electron chi connectivity index (χ3n) is 3.66. The Balaban J connectivity index is 2.33. The van der Waals surface area contributed by atoms with Gasteiger partial charge in [0, 0.05) is 18.6 Å². The van der Waals surface area contributed by atoms with Crippen molar-refractivity contribution in [3.8, 4) is 0 Å². The van der Waals surface area contributed by atoms with Gasteiger partial charge in [-0.1, -0.05) is 13.8 Å². The lowest BCUT2D eigenvalue weighted by Crippen LogP contribution is -2.51. The molecule has 96 valence electrons. The van der Waals surface area contributed by atoms with Gasteiger partial charge in [-0.05, 0) is 39.3 Å². The molecule has 1 saturated heterocycles. The maximum Gasteiger partial charge on any atom is 0.0619 e. The van der Waals surface area contributed by atoms with E-state index in [9.17, 15) is 0 Å². The van der Waals surface area contributed by atoms with Gasteiger partial charge in [-0.3, -0.25) is 4.90 Å². The molecule has 0 saturated carbocycles. The molecular formula is C13H28N2O. The SMILES string of the molecule is CCCNCC(C)C(C)N1CCOCC1C. The highest BCUT2D eigenvalue weighted by atomic mass is 16.5. The number of ether oxygens (including phenoxy) is 1. The van der Waals surface area contributed by atoms with E-state index in [0.29, 0.717) is 18.0 Å². The molecule has 1 N–H and O–H groups in total. The van der Waals surface area contributed by atoms with Crippen molar-refractivity contribution in [2.45, 2.75) is 46.2 Å². The molecule has 1 heterocycles. The van der Waals surface area contributed by atoms with Crippen LogP contribution in [0, 0.1) is 5.92 Å². The fraction of sp³-hybridized carbons (Fsp3) is 1.00. The summed E-state index contributed by atoms with van der Waals surface area (Å²) >= 11 is 0. The van der Waals surface area contributed by atoms with E-state index in [2.05, 4.69) is 37.9 Å². The largest absolute Gasteiger partial charge is 0.379 e. The quantitative estimate of drug-likeness (QED) is 0.701. The number of morpholine rings is 1. The van der Waals surface area contributed by atoms with Crippen LogP contribution < -0.4 is 5.32 Å². The summed E-state index contributed by atoms with van der Waals surface area (Å²) in [6.45, 7) is 14.3. The van der Waals surface area contributed by atoms with Gasteiger partial charge < -0.3 is 10.1 Å². The van der Waals surface area contributed by atoms with Crippen molar-refractivity contribution in [2.75, 3.05) is 32.8 Å².